The molecule has 1 fully saturated rings. The Kier molecular flexibility index (Phi) is 5.11. The Labute approximate surface area is 146 Å². The first kappa shape index (κ1) is 16.9. The number of H-pyrrole nitrogens is 1. The van der Waals surface area contributed by atoms with Crippen molar-refractivity contribution in [1.29, 1.82) is 0 Å². The number of amides is 1. The zero-order chi connectivity index (χ0) is 17.1. The van der Waals surface area contributed by atoms with Gasteiger partial charge < -0.3 is 9.64 Å². The van der Waals surface area contributed by atoms with Gasteiger partial charge in [-0.3, -0.25) is 14.5 Å². The number of ether oxygens (including phenoxy) is 1. The number of nitrogens with one attached hydrogen (secondary N) is 1. The van der Waals surface area contributed by atoms with Crippen molar-refractivity contribution in [2.75, 3.05) is 19.7 Å². The average Bonchev–Trinajstić information content (AvgIpc) is 2.96. The Morgan fingerprint density at radius 2 is 2.17 bits per heavy atom. The second kappa shape index (κ2) is 7.27. The van der Waals surface area contributed by atoms with E-state index < -0.39 is 0 Å². The molecule has 3 rings (SSSR count). The topological polar surface area (TPSA) is 63.2 Å². The Hall–Kier alpha value is -1.99. The van der Waals surface area contributed by atoms with Crippen molar-refractivity contribution in [3.05, 3.63) is 34.6 Å². The highest BCUT2D eigenvalue weighted by Gasteiger charge is 2.24. The van der Waals surface area contributed by atoms with E-state index in [1.807, 2.05) is 36.1 Å². The molecule has 1 aliphatic rings. The largest absolute Gasteiger partial charge is 0.375 e. The third-order valence-electron chi connectivity index (χ3n) is 4.31. The summed E-state index contributed by atoms with van der Waals surface area (Å²) >= 11 is 5.31. The molecule has 6 nitrogen and oxygen atoms in total. The number of aryl methyl sites for hydroxylation is 1. The monoisotopic (exact) mass is 346 g/mol. The van der Waals surface area contributed by atoms with Gasteiger partial charge in [0.05, 0.1) is 12.7 Å². The predicted octanol–water partition coefficient (Wildman–Crippen LogP) is 2.55. The van der Waals surface area contributed by atoms with Gasteiger partial charge in [-0.25, -0.2) is 0 Å². The van der Waals surface area contributed by atoms with Crippen molar-refractivity contribution < 1.29 is 9.53 Å². The lowest BCUT2D eigenvalue weighted by Gasteiger charge is -2.32. The van der Waals surface area contributed by atoms with Gasteiger partial charge in [-0.15, -0.1) is 0 Å². The van der Waals surface area contributed by atoms with E-state index >= 15 is 0 Å². The maximum Gasteiger partial charge on any atom is 0.242 e. The SMILES string of the molecule is CC[C@H]1CN(C(=O)Cn2c(-c3ccc(C)cc3)n[nH]c2=S)CCO1. The number of hydrogen-bond donors (Lipinski definition) is 1. The maximum atomic E-state index is 12.7. The lowest BCUT2D eigenvalue weighted by molar-refractivity contribution is -0.139. The highest BCUT2D eigenvalue weighted by Crippen LogP contribution is 2.18. The number of morpholine rings is 1. The number of hydrogen-bond acceptors (Lipinski definition) is 4. The summed E-state index contributed by atoms with van der Waals surface area (Å²) in [5, 5.41) is 7.09. The van der Waals surface area contributed by atoms with Crippen LogP contribution in [0.25, 0.3) is 11.4 Å². The molecule has 2 heterocycles. The highest BCUT2D eigenvalue weighted by atomic mass is 32.1. The van der Waals surface area contributed by atoms with Gasteiger partial charge in [0, 0.05) is 18.7 Å². The molecule has 128 valence electrons. The van der Waals surface area contributed by atoms with Crippen molar-refractivity contribution in [2.24, 2.45) is 0 Å². The van der Waals surface area contributed by atoms with Gasteiger partial charge in [-0.05, 0) is 25.6 Å². The Morgan fingerprint density at radius 3 is 2.88 bits per heavy atom. The fourth-order valence-electron chi connectivity index (χ4n) is 2.82. The van der Waals surface area contributed by atoms with Crippen LogP contribution in [0.3, 0.4) is 0 Å². The van der Waals surface area contributed by atoms with Gasteiger partial charge in [-0.2, -0.15) is 5.10 Å². The standard InChI is InChI=1S/C17H22N4O2S/c1-3-14-10-20(8-9-23-14)15(22)11-21-16(18-19-17(21)24)13-6-4-12(2)5-7-13/h4-7,14H,3,8-11H2,1-2H3,(H,19,24)/t14-/m0/s1. The molecule has 1 N–H and O–H groups in total. The molecular weight excluding hydrogens is 324 g/mol. The third kappa shape index (κ3) is 3.57. The van der Waals surface area contributed by atoms with Crippen LogP contribution >= 0.6 is 12.2 Å². The summed E-state index contributed by atoms with van der Waals surface area (Å²) in [6.07, 6.45) is 1.03. The van der Waals surface area contributed by atoms with Crippen molar-refractivity contribution in [3.63, 3.8) is 0 Å². The van der Waals surface area contributed by atoms with Crippen LogP contribution < -0.4 is 0 Å². The number of carbonyl (C=O) groups excluding carboxylic acids is 1. The molecular formula is C17H22N4O2S. The summed E-state index contributed by atoms with van der Waals surface area (Å²) < 4.78 is 7.85. The number of rotatable bonds is 4. The summed E-state index contributed by atoms with van der Waals surface area (Å²) in [6.45, 7) is 6.15. The summed E-state index contributed by atoms with van der Waals surface area (Å²) in [7, 11) is 0. The third-order valence-corrected chi connectivity index (χ3v) is 4.62. The number of aromatic nitrogens is 3. The molecule has 1 atom stereocenters. The van der Waals surface area contributed by atoms with E-state index in [4.69, 9.17) is 17.0 Å². The van der Waals surface area contributed by atoms with Crippen molar-refractivity contribution in [1.82, 2.24) is 19.7 Å². The molecule has 24 heavy (non-hydrogen) atoms. The normalized spacial score (nSPS) is 17.9. The predicted molar refractivity (Wildman–Crippen MR) is 94.2 cm³/mol. The molecule has 2 aromatic rings. The van der Waals surface area contributed by atoms with Crippen LogP contribution in [-0.4, -0.2) is 51.4 Å². The van der Waals surface area contributed by atoms with Crippen molar-refractivity contribution in [2.45, 2.75) is 32.9 Å². The van der Waals surface area contributed by atoms with Gasteiger partial charge in [0.1, 0.15) is 6.54 Å². The Balaban J connectivity index is 1.80. The molecule has 0 spiro atoms. The second-order valence-electron chi connectivity index (χ2n) is 6.05. The van der Waals surface area contributed by atoms with Crippen LogP contribution in [0.1, 0.15) is 18.9 Å². The molecule has 0 bridgehead atoms. The molecule has 1 amide bonds. The summed E-state index contributed by atoms with van der Waals surface area (Å²) in [4.78, 5) is 14.5. The lowest BCUT2D eigenvalue weighted by atomic mass is 10.1. The molecule has 1 aromatic heterocycles. The van der Waals surface area contributed by atoms with Gasteiger partial charge >= 0.3 is 0 Å². The smallest absolute Gasteiger partial charge is 0.242 e. The fraction of sp³-hybridized carbons (Fsp3) is 0.471. The van der Waals surface area contributed by atoms with Gasteiger partial charge in [-0.1, -0.05) is 36.8 Å². The van der Waals surface area contributed by atoms with Crippen LogP contribution in [0.4, 0.5) is 0 Å². The Bertz CT molecular complexity index is 766. The molecule has 0 saturated carbocycles. The number of benzene rings is 1. The van der Waals surface area contributed by atoms with E-state index in [1.165, 1.54) is 5.56 Å². The van der Waals surface area contributed by atoms with Crippen LogP contribution in [0, 0.1) is 11.7 Å². The summed E-state index contributed by atoms with van der Waals surface area (Å²) in [5.74, 6) is 0.733. The number of nitrogens with zero attached hydrogens (tertiary/aromatic N) is 3. The molecule has 0 radical (unpaired) electrons. The first-order chi connectivity index (χ1) is 11.6. The number of carbonyl (C=O) groups is 1. The Morgan fingerprint density at radius 1 is 1.42 bits per heavy atom. The lowest BCUT2D eigenvalue weighted by Crippen LogP contribution is -2.46. The van der Waals surface area contributed by atoms with E-state index in [0.29, 0.717) is 30.3 Å². The van der Waals surface area contributed by atoms with Gasteiger partial charge in [0.15, 0.2) is 10.6 Å². The zero-order valence-corrected chi connectivity index (χ0v) is 14.8. The minimum absolute atomic E-state index is 0.0441. The molecule has 1 saturated heterocycles. The van der Waals surface area contributed by atoms with Gasteiger partial charge in [0.25, 0.3) is 0 Å². The minimum Gasteiger partial charge on any atom is -0.375 e. The summed E-state index contributed by atoms with van der Waals surface area (Å²) in [6, 6.07) is 8.02. The average molecular weight is 346 g/mol. The summed E-state index contributed by atoms with van der Waals surface area (Å²) in [5.41, 5.74) is 2.11. The van der Waals surface area contributed by atoms with Crippen LogP contribution in [0.2, 0.25) is 0 Å². The zero-order valence-electron chi connectivity index (χ0n) is 14.0. The van der Waals surface area contributed by atoms with E-state index in [0.717, 1.165) is 12.0 Å². The van der Waals surface area contributed by atoms with Crippen molar-refractivity contribution in [3.8, 4) is 11.4 Å². The van der Waals surface area contributed by atoms with E-state index in [1.54, 1.807) is 4.57 Å². The first-order valence-electron chi connectivity index (χ1n) is 8.20. The molecule has 1 aliphatic heterocycles. The van der Waals surface area contributed by atoms with E-state index in [9.17, 15) is 4.79 Å². The second-order valence-corrected chi connectivity index (χ2v) is 6.43. The van der Waals surface area contributed by atoms with Gasteiger partial charge in [0.2, 0.25) is 5.91 Å². The fourth-order valence-corrected chi connectivity index (χ4v) is 3.01. The van der Waals surface area contributed by atoms with Crippen LogP contribution in [-0.2, 0) is 16.1 Å². The first-order valence-corrected chi connectivity index (χ1v) is 8.61. The molecule has 0 unspecified atom stereocenters. The molecule has 7 heteroatoms. The van der Waals surface area contributed by atoms with Crippen LogP contribution in [0.15, 0.2) is 24.3 Å². The highest BCUT2D eigenvalue weighted by molar-refractivity contribution is 7.71. The van der Waals surface area contributed by atoms with E-state index in [2.05, 4.69) is 17.1 Å². The van der Waals surface area contributed by atoms with Crippen molar-refractivity contribution >= 4 is 18.1 Å². The molecule has 1 aromatic carbocycles. The quantitative estimate of drug-likeness (QED) is 0.864. The maximum absolute atomic E-state index is 12.7. The number of aromatic amines is 1. The van der Waals surface area contributed by atoms with E-state index in [-0.39, 0.29) is 18.6 Å². The van der Waals surface area contributed by atoms with Crippen LogP contribution in [0.5, 0.6) is 0 Å². The molecule has 0 aliphatic carbocycles. The minimum atomic E-state index is 0.0441.